The molecule has 112 valence electrons. The van der Waals surface area contributed by atoms with Crippen LogP contribution >= 0.6 is 35.6 Å². The van der Waals surface area contributed by atoms with Crippen molar-refractivity contribution in [3.63, 3.8) is 0 Å². The molecular formula is C15H16ClNO2S2. The van der Waals surface area contributed by atoms with Crippen molar-refractivity contribution in [2.24, 2.45) is 0 Å². The van der Waals surface area contributed by atoms with Gasteiger partial charge in [0.05, 0.1) is 16.0 Å². The van der Waals surface area contributed by atoms with Crippen LogP contribution < -0.4 is 4.74 Å². The average Bonchev–Trinajstić information content (AvgIpc) is 2.67. The van der Waals surface area contributed by atoms with Gasteiger partial charge in [0.25, 0.3) is 5.91 Å². The van der Waals surface area contributed by atoms with Gasteiger partial charge < -0.3 is 4.74 Å². The lowest BCUT2D eigenvalue weighted by molar-refractivity contribution is -0.121. The van der Waals surface area contributed by atoms with E-state index in [0.717, 1.165) is 5.56 Å². The van der Waals surface area contributed by atoms with Gasteiger partial charge in [-0.15, -0.1) is 0 Å². The fourth-order valence-corrected chi connectivity index (χ4v) is 3.50. The van der Waals surface area contributed by atoms with E-state index in [2.05, 4.69) is 0 Å². The summed E-state index contributed by atoms with van der Waals surface area (Å²) in [5, 5.41) is 0.531. The van der Waals surface area contributed by atoms with E-state index in [1.165, 1.54) is 11.8 Å². The van der Waals surface area contributed by atoms with E-state index in [1.54, 1.807) is 17.0 Å². The second-order valence-electron chi connectivity index (χ2n) is 4.78. The average molecular weight is 342 g/mol. The molecule has 6 heteroatoms. The van der Waals surface area contributed by atoms with Crippen molar-refractivity contribution >= 4 is 51.9 Å². The zero-order chi connectivity index (χ0) is 15.6. The molecule has 21 heavy (non-hydrogen) atoms. The Bertz CT molecular complexity index is 614. The minimum Gasteiger partial charge on any atom is -0.489 e. The molecular weight excluding hydrogens is 326 g/mol. The first-order chi connectivity index (χ1) is 9.92. The van der Waals surface area contributed by atoms with Crippen LogP contribution in [-0.4, -0.2) is 27.8 Å². The van der Waals surface area contributed by atoms with Crippen LogP contribution in [0.2, 0.25) is 5.02 Å². The van der Waals surface area contributed by atoms with Crippen LogP contribution in [0.5, 0.6) is 5.75 Å². The van der Waals surface area contributed by atoms with Gasteiger partial charge in [-0.25, -0.2) is 0 Å². The third-order valence-electron chi connectivity index (χ3n) is 2.81. The van der Waals surface area contributed by atoms with Gasteiger partial charge in [0.1, 0.15) is 10.1 Å². The van der Waals surface area contributed by atoms with E-state index in [9.17, 15) is 4.79 Å². The molecule has 1 aromatic carbocycles. The summed E-state index contributed by atoms with van der Waals surface area (Å²) in [6.45, 7) is 6.38. The van der Waals surface area contributed by atoms with Gasteiger partial charge in [-0.3, -0.25) is 9.69 Å². The van der Waals surface area contributed by atoms with E-state index >= 15 is 0 Å². The number of rotatable bonds is 4. The van der Waals surface area contributed by atoms with Crippen molar-refractivity contribution in [2.45, 2.75) is 26.9 Å². The molecule has 0 radical (unpaired) electrons. The lowest BCUT2D eigenvalue weighted by atomic mass is 10.2. The maximum atomic E-state index is 12.1. The van der Waals surface area contributed by atoms with Crippen molar-refractivity contribution in [1.29, 1.82) is 0 Å². The molecule has 0 aromatic heterocycles. The number of hydrogen-bond acceptors (Lipinski definition) is 4. The van der Waals surface area contributed by atoms with Crippen LogP contribution in [0.25, 0.3) is 6.08 Å². The zero-order valence-corrected chi connectivity index (χ0v) is 14.4. The molecule has 3 nitrogen and oxygen atoms in total. The minimum absolute atomic E-state index is 0.0499. The minimum atomic E-state index is -0.0499. The SMILES string of the molecule is CCN1C(=O)C(=Cc2ccc(OC(C)C)c(Cl)c2)SC1=S. The summed E-state index contributed by atoms with van der Waals surface area (Å²) in [4.78, 5) is 14.3. The van der Waals surface area contributed by atoms with Crippen molar-refractivity contribution in [1.82, 2.24) is 4.90 Å². The fourth-order valence-electron chi connectivity index (χ4n) is 1.88. The van der Waals surface area contributed by atoms with E-state index in [4.69, 9.17) is 28.6 Å². The van der Waals surface area contributed by atoms with Crippen LogP contribution in [0, 0.1) is 0 Å². The van der Waals surface area contributed by atoms with Gasteiger partial charge in [0.15, 0.2) is 0 Å². The number of nitrogens with zero attached hydrogens (tertiary/aromatic N) is 1. The normalized spacial score (nSPS) is 17.2. The molecule has 0 N–H and O–H groups in total. The van der Waals surface area contributed by atoms with E-state index < -0.39 is 0 Å². The number of likely N-dealkylation sites (N-methyl/N-ethyl adjacent to an activating group) is 1. The van der Waals surface area contributed by atoms with Crippen LogP contribution in [0.4, 0.5) is 0 Å². The Morgan fingerprint density at radius 1 is 1.48 bits per heavy atom. The van der Waals surface area contributed by atoms with Crippen molar-refractivity contribution in [3.8, 4) is 5.75 Å². The second kappa shape index (κ2) is 6.81. The van der Waals surface area contributed by atoms with Crippen LogP contribution in [-0.2, 0) is 4.79 Å². The Balaban J connectivity index is 2.24. The molecule has 2 rings (SSSR count). The summed E-state index contributed by atoms with van der Waals surface area (Å²) < 4.78 is 6.19. The van der Waals surface area contributed by atoms with Crippen LogP contribution in [0.15, 0.2) is 23.1 Å². The summed E-state index contributed by atoms with van der Waals surface area (Å²) in [6.07, 6.45) is 1.87. The topological polar surface area (TPSA) is 29.5 Å². The van der Waals surface area contributed by atoms with Crippen molar-refractivity contribution in [3.05, 3.63) is 33.7 Å². The molecule has 0 atom stereocenters. The van der Waals surface area contributed by atoms with Gasteiger partial charge in [-0.2, -0.15) is 0 Å². The highest BCUT2D eigenvalue weighted by Gasteiger charge is 2.30. The van der Waals surface area contributed by atoms with Crippen LogP contribution in [0.3, 0.4) is 0 Å². The quantitative estimate of drug-likeness (QED) is 0.601. The molecule has 1 aliphatic rings. The van der Waals surface area contributed by atoms with Gasteiger partial charge in [0.2, 0.25) is 0 Å². The second-order valence-corrected chi connectivity index (χ2v) is 6.87. The van der Waals surface area contributed by atoms with Crippen molar-refractivity contribution < 1.29 is 9.53 Å². The molecule has 0 spiro atoms. The van der Waals surface area contributed by atoms with Crippen molar-refractivity contribution in [2.75, 3.05) is 6.54 Å². The van der Waals surface area contributed by atoms with Gasteiger partial charge >= 0.3 is 0 Å². The Labute approximate surface area is 139 Å². The van der Waals surface area contributed by atoms with Gasteiger partial charge in [-0.1, -0.05) is 41.6 Å². The number of carbonyl (C=O) groups excluding carboxylic acids is 1. The summed E-state index contributed by atoms with van der Waals surface area (Å²) >= 11 is 12.7. The molecule has 1 saturated heterocycles. The molecule has 1 amide bonds. The highest BCUT2D eigenvalue weighted by atomic mass is 35.5. The smallest absolute Gasteiger partial charge is 0.266 e. The number of thiocarbonyl (C=S) groups is 1. The lowest BCUT2D eigenvalue weighted by Crippen LogP contribution is -2.27. The molecule has 0 saturated carbocycles. The predicted octanol–water partition coefficient (Wildman–Crippen LogP) is 4.35. The largest absolute Gasteiger partial charge is 0.489 e. The standard InChI is InChI=1S/C15H16ClNO2S2/c1-4-17-14(18)13(21-15(17)20)8-10-5-6-12(11(16)7-10)19-9(2)3/h5-9H,4H2,1-3H3. The highest BCUT2D eigenvalue weighted by Crippen LogP contribution is 2.33. The Morgan fingerprint density at radius 2 is 2.19 bits per heavy atom. The molecule has 1 fully saturated rings. The maximum absolute atomic E-state index is 12.1. The van der Waals surface area contributed by atoms with E-state index in [1.807, 2.05) is 32.9 Å². The summed E-state index contributed by atoms with van der Waals surface area (Å²) in [5.74, 6) is 0.594. The lowest BCUT2D eigenvalue weighted by Gasteiger charge is -2.11. The Kier molecular flexibility index (Phi) is 5.30. The third-order valence-corrected chi connectivity index (χ3v) is 4.48. The molecule has 0 bridgehead atoms. The zero-order valence-electron chi connectivity index (χ0n) is 12.1. The molecule has 1 aromatic rings. The Morgan fingerprint density at radius 3 is 2.71 bits per heavy atom. The third kappa shape index (κ3) is 3.78. The Hall–Kier alpha value is -1.04. The summed E-state index contributed by atoms with van der Waals surface area (Å²) in [5.41, 5.74) is 0.854. The number of halogens is 1. The van der Waals surface area contributed by atoms with Gasteiger partial charge in [-0.05, 0) is 44.5 Å². The first kappa shape index (κ1) is 16.3. The predicted molar refractivity (Wildman–Crippen MR) is 92.8 cm³/mol. The highest BCUT2D eigenvalue weighted by molar-refractivity contribution is 8.26. The fraction of sp³-hybridized carbons (Fsp3) is 0.333. The number of ether oxygens (including phenoxy) is 1. The molecule has 0 unspecified atom stereocenters. The van der Waals surface area contributed by atoms with E-state index in [-0.39, 0.29) is 12.0 Å². The number of amides is 1. The number of benzene rings is 1. The number of hydrogen-bond donors (Lipinski definition) is 0. The molecule has 1 aliphatic heterocycles. The van der Waals surface area contributed by atoms with Crippen LogP contribution in [0.1, 0.15) is 26.3 Å². The first-order valence-corrected chi connectivity index (χ1v) is 8.24. The maximum Gasteiger partial charge on any atom is 0.266 e. The molecule has 1 heterocycles. The molecule has 0 aliphatic carbocycles. The summed E-state index contributed by atoms with van der Waals surface area (Å²) in [7, 11) is 0. The van der Waals surface area contributed by atoms with Gasteiger partial charge in [0, 0.05) is 6.54 Å². The first-order valence-electron chi connectivity index (χ1n) is 6.64. The number of carbonyl (C=O) groups is 1. The van der Waals surface area contributed by atoms with E-state index in [0.29, 0.717) is 26.5 Å². The number of thioether (sulfide) groups is 1. The summed E-state index contributed by atoms with van der Waals surface area (Å²) in [6, 6.07) is 5.48. The monoisotopic (exact) mass is 341 g/mol.